The van der Waals surface area contributed by atoms with Gasteiger partial charge in [0.2, 0.25) is 0 Å². The fraction of sp³-hybridized carbons (Fsp3) is 0.200. The number of ether oxygens (including phenoxy) is 2. The van der Waals surface area contributed by atoms with Crippen molar-refractivity contribution in [2.24, 2.45) is 0 Å². The number of benzene rings is 1. The maximum absolute atomic E-state index is 11.3. The van der Waals surface area contributed by atoms with E-state index in [9.17, 15) is 14.7 Å². The molecule has 1 aromatic carbocycles. The molecule has 0 fully saturated rings. The number of hydrogen-bond donors (Lipinski definition) is 1. The second kappa shape index (κ2) is 4.70. The van der Waals surface area contributed by atoms with E-state index in [-0.39, 0.29) is 16.9 Å². The molecule has 1 N–H and O–H groups in total. The predicted octanol–water partition coefficient (Wildman–Crippen LogP) is -0.776. The van der Waals surface area contributed by atoms with Crippen molar-refractivity contribution in [3.63, 3.8) is 0 Å². The third-order valence-corrected chi connectivity index (χ3v) is 2.13. The lowest BCUT2D eigenvalue weighted by Crippen LogP contribution is -2.15. The maximum atomic E-state index is 11.3. The van der Waals surface area contributed by atoms with Gasteiger partial charge in [0.05, 0.1) is 19.8 Å². The number of carbonyl (C=O) groups is 2. The molecule has 0 heterocycles. The standard InChI is InChI=1S/C10H11BO5/c1-15-9(13)5-3-6(10(14)16-2)8(12)7(11)4-5/h3-4,12H,11H2,1-2H3. The number of rotatable bonds is 2. The zero-order valence-electron chi connectivity index (χ0n) is 9.23. The fourth-order valence-electron chi connectivity index (χ4n) is 1.28. The number of phenols is 1. The smallest absolute Gasteiger partial charge is 0.341 e. The van der Waals surface area contributed by atoms with E-state index in [1.807, 2.05) is 0 Å². The van der Waals surface area contributed by atoms with Crippen molar-refractivity contribution in [2.75, 3.05) is 14.2 Å². The summed E-state index contributed by atoms with van der Waals surface area (Å²) in [5, 5.41) is 9.63. The molecule has 0 aromatic heterocycles. The van der Waals surface area contributed by atoms with Crippen molar-refractivity contribution < 1.29 is 24.2 Å². The van der Waals surface area contributed by atoms with Crippen LogP contribution in [0.1, 0.15) is 20.7 Å². The molecule has 0 aliphatic rings. The third-order valence-electron chi connectivity index (χ3n) is 2.13. The van der Waals surface area contributed by atoms with Gasteiger partial charge in [-0.05, 0) is 11.5 Å². The van der Waals surface area contributed by atoms with E-state index in [0.29, 0.717) is 5.46 Å². The Hall–Kier alpha value is -1.98. The number of esters is 2. The molecule has 1 aromatic rings. The molecule has 16 heavy (non-hydrogen) atoms. The summed E-state index contributed by atoms with van der Waals surface area (Å²) in [4.78, 5) is 22.6. The second-order valence-corrected chi connectivity index (χ2v) is 3.17. The Kier molecular flexibility index (Phi) is 3.55. The van der Waals surface area contributed by atoms with E-state index in [1.165, 1.54) is 26.4 Å². The molecule has 0 aliphatic carbocycles. The Balaban J connectivity index is 3.33. The molecule has 0 amide bonds. The van der Waals surface area contributed by atoms with Gasteiger partial charge in [-0.15, -0.1) is 0 Å². The lowest BCUT2D eigenvalue weighted by molar-refractivity contribution is 0.0597. The summed E-state index contributed by atoms with van der Waals surface area (Å²) in [7, 11) is 4.01. The summed E-state index contributed by atoms with van der Waals surface area (Å²) in [5.74, 6) is -1.47. The van der Waals surface area contributed by atoms with Crippen molar-refractivity contribution in [1.82, 2.24) is 0 Å². The second-order valence-electron chi connectivity index (χ2n) is 3.17. The molecule has 0 spiro atoms. The van der Waals surface area contributed by atoms with Gasteiger partial charge in [0.15, 0.2) is 0 Å². The van der Waals surface area contributed by atoms with Gasteiger partial charge in [0, 0.05) is 0 Å². The molecule has 0 saturated carbocycles. The van der Waals surface area contributed by atoms with Crippen LogP contribution in [0.5, 0.6) is 5.75 Å². The van der Waals surface area contributed by atoms with Crippen LogP contribution in [-0.2, 0) is 9.47 Å². The summed E-state index contributed by atoms with van der Waals surface area (Å²) in [5.41, 5.74) is 0.546. The van der Waals surface area contributed by atoms with E-state index in [4.69, 9.17) is 0 Å². The lowest BCUT2D eigenvalue weighted by Gasteiger charge is -2.08. The molecule has 0 saturated heterocycles. The average Bonchev–Trinajstić information content (AvgIpc) is 2.30. The van der Waals surface area contributed by atoms with Crippen LogP contribution in [0, 0.1) is 0 Å². The summed E-state index contributed by atoms with van der Waals surface area (Å²) >= 11 is 0. The summed E-state index contributed by atoms with van der Waals surface area (Å²) in [6.07, 6.45) is 0. The molecule has 0 bridgehead atoms. The summed E-state index contributed by atoms with van der Waals surface area (Å²) in [6, 6.07) is 2.67. The molecular formula is C10H11BO5. The molecule has 1 rings (SSSR count). The van der Waals surface area contributed by atoms with Crippen LogP contribution in [-0.4, -0.2) is 39.1 Å². The number of aromatic hydroxyl groups is 1. The van der Waals surface area contributed by atoms with E-state index in [1.54, 1.807) is 7.85 Å². The molecule has 6 heteroatoms. The number of methoxy groups -OCH3 is 2. The molecule has 5 nitrogen and oxygen atoms in total. The number of hydrogen-bond acceptors (Lipinski definition) is 5. The van der Waals surface area contributed by atoms with Gasteiger partial charge in [-0.25, -0.2) is 9.59 Å². The molecular weight excluding hydrogens is 211 g/mol. The molecule has 0 radical (unpaired) electrons. The van der Waals surface area contributed by atoms with Gasteiger partial charge in [-0.3, -0.25) is 0 Å². The van der Waals surface area contributed by atoms with Gasteiger partial charge in [-0.2, -0.15) is 0 Å². The fourth-order valence-corrected chi connectivity index (χ4v) is 1.28. The summed E-state index contributed by atoms with van der Waals surface area (Å²) in [6.45, 7) is 0. The van der Waals surface area contributed by atoms with Crippen molar-refractivity contribution >= 4 is 25.2 Å². The van der Waals surface area contributed by atoms with E-state index in [2.05, 4.69) is 9.47 Å². The zero-order valence-corrected chi connectivity index (χ0v) is 9.23. The van der Waals surface area contributed by atoms with Crippen molar-refractivity contribution in [3.8, 4) is 5.75 Å². The minimum Gasteiger partial charge on any atom is -0.508 e. The summed E-state index contributed by atoms with van der Waals surface area (Å²) < 4.78 is 9.02. The molecule has 0 aliphatic heterocycles. The van der Waals surface area contributed by atoms with Crippen molar-refractivity contribution in [3.05, 3.63) is 23.3 Å². The minimum absolute atomic E-state index is 0.0529. The highest BCUT2D eigenvalue weighted by Gasteiger charge is 2.17. The quantitative estimate of drug-likeness (QED) is 0.525. The average molecular weight is 222 g/mol. The number of carbonyl (C=O) groups excluding carboxylic acids is 2. The zero-order chi connectivity index (χ0) is 12.3. The monoisotopic (exact) mass is 222 g/mol. The highest BCUT2D eigenvalue weighted by Crippen LogP contribution is 2.17. The first-order valence-corrected chi connectivity index (χ1v) is 4.51. The first kappa shape index (κ1) is 12.1. The number of phenolic OH excluding ortho intramolecular Hbond substituents is 1. The highest BCUT2D eigenvalue weighted by atomic mass is 16.5. The molecule has 0 unspecified atom stereocenters. The predicted molar refractivity (Wildman–Crippen MR) is 59.0 cm³/mol. The Morgan fingerprint density at radius 3 is 2.25 bits per heavy atom. The van der Waals surface area contributed by atoms with E-state index < -0.39 is 11.9 Å². The van der Waals surface area contributed by atoms with Crippen LogP contribution in [0.25, 0.3) is 0 Å². The van der Waals surface area contributed by atoms with E-state index in [0.717, 1.165) is 0 Å². The topological polar surface area (TPSA) is 72.8 Å². The highest BCUT2D eigenvalue weighted by molar-refractivity contribution is 6.35. The first-order chi connectivity index (χ1) is 7.51. The largest absolute Gasteiger partial charge is 0.508 e. The van der Waals surface area contributed by atoms with Gasteiger partial charge in [-0.1, -0.05) is 6.07 Å². The van der Waals surface area contributed by atoms with Crippen LogP contribution >= 0.6 is 0 Å². The van der Waals surface area contributed by atoms with Crippen molar-refractivity contribution in [2.45, 2.75) is 0 Å². The first-order valence-electron chi connectivity index (χ1n) is 4.51. The van der Waals surface area contributed by atoms with Crippen LogP contribution in [0.15, 0.2) is 12.1 Å². The SMILES string of the molecule is Bc1cc(C(=O)OC)cc(C(=O)OC)c1O. The maximum Gasteiger partial charge on any atom is 0.341 e. The van der Waals surface area contributed by atoms with Crippen LogP contribution in [0.4, 0.5) is 0 Å². The Morgan fingerprint density at radius 2 is 1.75 bits per heavy atom. The Labute approximate surface area is 93.4 Å². The van der Waals surface area contributed by atoms with Gasteiger partial charge >= 0.3 is 11.9 Å². The Bertz CT molecular complexity index is 441. The van der Waals surface area contributed by atoms with Gasteiger partial charge in [0.1, 0.15) is 19.2 Å². The Morgan fingerprint density at radius 1 is 1.19 bits per heavy atom. The van der Waals surface area contributed by atoms with Crippen molar-refractivity contribution in [1.29, 1.82) is 0 Å². The normalized spacial score (nSPS) is 9.62. The van der Waals surface area contributed by atoms with Gasteiger partial charge in [0.25, 0.3) is 0 Å². The van der Waals surface area contributed by atoms with Gasteiger partial charge < -0.3 is 14.6 Å². The molecule has 84 valence electrons. The third kappa shape index (κ3) is 2.16. The minimum atomic E-state index is -0.702. The molecule has 0 atom stereocenters. The lowest BCUT2D eigenvalue weighted by atomic mass is 9.90. The van der Waals surface area contributed by atoms with E-state index >= 15 is 0 Å². The van der Waals surface area contributed by atoms with Crippen LogP contribution in [0.2, 0.25) is 0 Å². The van der Waals surface area contributed by atoms with Crippen LogP contribution < -0.4 is 5.46 Å². The van der Waals surface area contributed by atoms with Crippen LogP contribution in [0.3, 0.4) is 0 Å².